The minimum Gasteiger partial charge on any atom is -0.362 e. The van der Waals surface area contributed by atoms with Crippen LogP contribution >= 0.6 is 11.8 Å². The molecule has 1 aliphatic heterocycles. The van der Waals surface area contributed by atoms with Crippen molar-refractivity contribution in [1.82, 2.24) is 5.32 Å². The van der Waals surface area contributed by atoms with Crippen molar-refractivity contribution in [1.29, 1.82) is 0 Å². The Morgan fingerprint density at radius 2 is 1.85 bits per heavy atom. The monoisotopic (exact) mass is 296 g/mol. The highest BCUT2D eigenvalue weighted by Crippen LogP contribution is 2.32. The van der Waals surface area contributed by atoms with Crippen LogP contribution in [0.5, 0.6) is 0 Å². The third-order valence-electron chi connectivity index (χ3n) is 4.77. The zero-order valence-corrected chi connectivity index (χ0v) is 14.6. The van der Waals surface area contributed by atoms with Gasteiger partial charge in [0.1, 0.15) is 0 Å². The summed E-state index contributed by atoms with van der Waals surface area (Å²) in [4.78, 5) is 4.97. The number of hydrogen-bond acceptors (Lipinski definition) is 3. The summed E-state index contributed by atoms with van der Waals surface area (Å²) in [7, 11) is 0. The molecule has 2 nitrogen and oxygen atoms in total. The lowest BCUT2D eigenvalue weighted by molar-refractivity contribution is 0.293. The molecule has 0 bridgehead atoms. The third-order valence-corrected chi connectivity index (χ3v) is 5.71. The van der Waals surface area contributed by atoms with Crippen LogP contribution in [-0.4, -0.2) is 23.0 Å². The second-order valence-corrected chi connectivity index (χ2v) is 8.69. The van der Waals surface area contributed by atoms with Crippen molar-refractivity contribution in [3.63, 3.8) is 0 Å². The first-order valence-corrected chi connectivity index (χ1v) is 9.44. The van der Waals surface area contributed by atoms with Gasteiger partial charge >= 0.3 is 0 Å². The van der Waals surface area contributed by atoms with E-state index in [9.17, 15) is 0 Å². The van der Waals surface area contributed by atoms with Gasteiger partial charge in [-0.05, 0) is 43.4 Å². The largest absolute Gasteiger partial charge is 0.362 e. The average Bonchev–Trinajstić information content (AvgIpc) is 2.41. The summed E-state index contributed by atoms with van der Waals surface area (Å²) >= 11 is 1.93. The van der Waals surface area contributed by atoms with Gasteiger partial charge < -0.3 is 5.32 Å². The van der Waals surface area contributed by atoms with Crippen LogP contribution in [0.3, 0.4) is 0 Å². The van der Waals surface area contributed by atoms with Crippen LogP contribution in [-0.2, 0) is 0 Å². The molecule has 2 rings (SSSR count). The molecule has 1 heterocycles. The summed E-state index contributed by atoms with van der Waals surface area (Å²) < 4.78 is 0. The van der Waals surface area contributed by atoms with Crippen molar-refractivity contribution < 1.29 is 0 Å². The van der Waals surface area contributed by atoms with Gasteiger partial charge in [-0.1, -0.05) is 52.3 Å². The predicted octanol–water partition coefficient (Wildman–Crippen LogP) is 4.84. The molecule has 0 aromatic carbocycles. The number of rotatable bonds is 3. The van der Waals surface area contributed by atoms with E-state index in [-0.39, 0.29) is 0 Å². The van der Waals surface area contributed by atoms with Gasteiger partial charge in [-0.3, -0.25) is 4.99 Å². The number of thioether (sulfide) groups is 1. The van der Waals surface area contributed by atoms with Crippen LogP contribution in [0.25, 0.3) is 0 Å². The van der Waals surface area contributed by atoms with Crippen molar-refractivity contribution in [2.45, 2.75) is 84.7 Å². The molecule has 0 aromatic heterocycles. The van der Waals surface area contributed by atoms with Crippen molar-refractivity contribution >= 4 is 16.9 Å². The standard InChI is InChI=1S/C17H32N2S/c1-5-6-13-7-9-14(10-8-13)18-16-19-15(11-12-20-16)17(2,3)4/h13-15H,5-12H2,1-4H3,(H,18,19). The molecule has 116 valence electrons. The first kappa shape index (κ1) is 16.2. The minimum atomic E-state index is 0.298. The minimum absolute atomic E-state index is 0.298. The van der Waals surface area contributed by atoms with E-state index in [1.165, 1.54) is 55.9 Å². The molecule has 3 heteroatoms. The van der Waals surface area contributed by atoms with Crippen molar-refractivity contribution in [2.24, 2.45) is 16.3 Å². The van der Waals surface area contributed by atoms with Crippen LogP contribution in [0.4, 0.5) is 0 Å². The zero-order chi connectivity index (χ0) is 14.6. The topological polar surface area (TPSA) is 24.4 Å². The lowest BCUT2D eigenvalue weighted by Gasteiger charge is -2.34. The fourth-order valence-corrected chi connectivity index (χ4v) is 4.38. The molecule has 0 amide bonds. The number of hydrogen-bond donors (Lipinski definition) is 1. The predicted molar refractivity (Wildman–Crippen MR) is 91.5 cm³/mol. The second-order valence-electron chi connectivity index (χ2n) is 7.60. The highest BCUT2D eigenvalue weighted by molar-refractivity contribution is 8.13. The molecule has 20 heavy (non-hydrogen) atoms. The second kappa shape index (κ2) is 7.20. The van der Waals surface area contributed by atoms with Gasteiger partial charge in [0.15, 0.2) is 5.17 Å². The van der Waals surface area contributed by atoms with Crippen LogP contribution in [0.2, 0.25) is 0 Å². The molecular formula is C17H32N2S. The van der Waals surface area contributed by atoms with Gasteiger partial charge in [0.2, 0.25) is 0 Å². The smallest absolute Gasteiger partial charge is 0.157 e. The molecule has 0 aromatic rings. The Labute approximate surface area is 129 Å². The summed E-state index contributed by atoms with van der Waals surface area (Å²) in [5.74, 6) is 2.21. The number of aliphatic imine (C=N–C) groups is 1. The van der Waals surface area contributed by atoms with E-state index in [0.717, 1.165) is 5.92 Å². The molecule has 1 saturated carbocycles. The lowest BCUT2D eigenvalue weighted by atomic mass is 9.83. The molecule has 1 fully saturated rings. The first-order valence-electron chi connectivity index (χ1n) is 8.46. The van der Waals surface area contributed by atoms with Crippen LogP contribution in [0, 0.1) is 11.3 Å². The van der Waals surface area contributed by atoms with Crippen molar-refractivity contribution in [3.8, 4) is 0 Å². The van der Waals surface area contributed by atoms with E-state index in [2.05, 4.69) is 33.0 Å². The van der Waals surface area contributed by atoms with Gasteiger partial charge in [0, 0.05) is 11.8 Å². The summed E-state index contributed by atoms with van der Waals surface area (Å²) in [6.07, 6.45) is 9.49. The molecule has 0 spiro atoms. The summed E-state index contributed by atoms with van der Waals surface area (Å²) in [5.41, 5.74) is 0.298. The summed E-state index contributed by atoms with van der Waals surface area (Å²) in [6, 6.07) is 1.16. The molecule has 1 N–H and O–H groups in total. The Bertz CT molecular complexity index is 324. The highest BCUT2D eigenvalue weighted by atomic mass is 32.2. The normalized spacial score (nSPS) is 31.8. The highest BCUT2D eigenvalue weighted by Gasteiger charge is 2.28. The Kier molecular flexibility index (Phi) is 5.83. The van der Waals surface area contributed by atoms with Gasteiger partial charge in [-0.2, -0.15) is 0 Å². The third kappa shape index (κ3) is 4.68. The molecule has 0 radical (unpaired) electrons. The molecule has 0 saturated heterocycles. The van der Waals surface area contributed by atoms with E-state index in [4.69, 9.17) is 4.99 Å². The molecule has 1 unspecified atom stereocenters. The quantitative estimate of drug-likeness (QED) is 0.805. The number of amidine groups is 1. The van der Waals surface area contributed by atoms with E-state index in [0.29, 0.717) is 17.5 Å². The maximum Gasteiger partial charge on any atom is 0.157 e. The van der Waals surface area contributed by atoms with Gasteiger partial charge in [0.05, 0.1) is 6.04 Å². The van der Waals surface area contributed by atoms with E-state index >= 15 is 0 Å². The maximum atomic E-state index is 4.97. The first-order chi connectivity index (χ1) is 9.49. The van der Waals surface area contributed by atoms with Crippen LogP contribution < -0.4 is 5.32 Å². The fourth-order valence-electron chi connectivity index (χ4n) is 3.39. The fraction of sp³-hybridized carbons (Fsp3) is 0.941. The Morgan fingerprint density at radius 1 is 1.15 bits per heavy atom. The van der Waals surface area contributed by atoms with E-state index in [1.54, 1.807) is 0 Å². The number of nitrogens with one attached hydrogen (secondary N) is 1. The maximum absolute atomic E-state index is 4.97. The van der Waals surface area contributed by atoms with Gasteiger partial charge in [-0.25, -0.2) is 0 Å². The Morgan fingerprint density at radius 3 is 2.45 bits per heavy atom. The zero-order valence-electron chi connectivity index (χ0n) is 13.7. The summed E-state index contributed by atoms with van der Waals surface area (Å²) in [5, 5.41) is 4.95. The van der Waals surface area contributed by atoms with Crippen LogP contribution in [0.15, 0.2) is 4.99 Å². The lowest BCUT2D eigenvalue weighted by Crippen LogP contribution is -2.40. The van der Waals surface area contributed by atoms with E-state index in [1.807, 2.05) is 11.8 Å². The number of nitrogens with zero attached hydrogens (tertiary/aromatic N) is 1. The van der Waals surface area contributed by atoms with E-state index < -0.39 is 0 Å². The molecule has 1 atom stereocenters. The van der Waals surface area contributed by atoms with Gasteiger partial charge in [0.25, 0.3) is 0 Å². The molecular weight excluding hydrogens is 264 g/mol. The Hall–Kier alpha value is -0.180. The SMILES string of the molecule is CCCC1CCC(NC2=NC(C(C)(C)C)CCS2)CC1. The summed E-state index contributed by atoms with van der Waals surface area (Å²) in [6.45, 7) is 9.24. The molecule has 2 aliphatic rings. The Balaban J connectivity index is 1.83. The van der Waals surface area contributed by atoms with Crippen molar-refractivity contribution in [3.05, 3.63) is 0 Å². The van der Waals surface area contributed by atoms with Crippen LogP contribution in [0.1, 0.15) is 72.6 Å². The average molecular weight is 297 g/mol. The van der Waals surface area contributed by atoms with Gasteiger partial charge in [-0.15, -0.1) is 0 Å². The molecule has 1 aliphatic carbocycles. The van der Waals surface area contributed by atoms with Crippen molar-refractivity contribution in [2.75, 3.05) is 5.75 Å².